The smallest absolute Gasteiger partial charge is 0.336 e. The number of ether oxygens (including phenoxy) is 1. The number of aliphatic hydroxyl groups is 1. The first-order chi connectivity index (χ1) is 21.0. The lowest BCUT2D eigenvalue weighted by atomic mass is 9.88. The van der Waals surface area contributed by atoms with Crippen molar-refractivity contribution >= 4 is 29.4 Å². The molecular formula is C31H38N4O9. The van der Waals surface area contributed by atoms with E-state index in [9.17, 15) is 19.2 Å². The minimum Gasteiger partial charge on any atom is -0.497 e. The first kappa shape index (κ1) is 32.4. The Balaban J connectivity index is 0.000000289. The minimum atomic E-state index is -2.74. The van der Waals surface area contributed by atoms with Crippen LogP contribution >= 0.6 is 0 Å². The first-order valence-electron chi connectivity index (χ1n) is 14.5. The van der Waals surface area contributed by atoms with Crippen molar-refractivity contribution in [3.05, 3.63) is 70.1 Å². The van der Waals surface area contributed by atoms with Gasteiger partial charge in [0.1, 0.15) is 17.2 Å². The molecule has 1 saturated carbocycles. The molecule has 1 aliphatic heterocycles. The summed E-state index contributed by atoms with van der Waals surface area (Å²) in [5.74, 6) is -3.30. The predicted molar refractivity (Wildman–Crippen MR) is 160 cm³/mol. The molecule has 1 aromatic carbocycles. The molecule has 3 aromatic rings. The Bertz CT molecular complexity index is 1530. The van der Waals surface area contributed by atoms with E-state index in [4.69, 9.17) is 30.1 Å². The largest absolute Gasteiger partial charge is 0.497 e. The maximum Gasteiger partial charge on any atom is 0.336 e. The number of nitrogens with zero attached hydrogens (tertiary/aromatic N) is 3. The van der Waals surface area contributed by atoms with E-state index in [2.05, 4.69) is 22.3 Å². The molecule has 2 aliphatic rings. The molecular weight excluding hydrogens is 572 g/mol. The molecule has 0 amide bonds. The van der Waals surface area contributed by atoms with Crippen LogP contribution in [0.2, 0.25) is 0 Å². The summed E-state index contributed by atoms with van der Waals surface area (Å²) < 4.78 is 7.02. The van der Waals surface area contributed by atoms with Crippen molar-refractivity contribution in [3.8, 4) is 5.75 Å². The van der Waals surface area contributed by atoms with Gasteiger partial charge in [0.05, 0.1) is 25.5 Å². The topological polar surface area (TPSA) is 191 Å². The van der Waals surface area contributed by atoms with E-state index in [1.165, 1.54) is 18.4 Å². The van der Waals surface area contributed by atoms with E-state index in [0.29, 0.717) is 12.2 Å². The third-order valence-corrected chi connectivity index (χ3v) is 8.20. The van der Waals surface area contributed by atoms with Gasteiger partial charge in [0.2, 0.25) is 0 Å². The molecule has 1 saturated heterocycles. The summed E-state index contributed by atoms with van der Waals surface area (Å²) in [5.41, 5.74) is -0.0749. The fourth-order valence-electron chi connectivity index (χ4n) is 5.89. The van der Waals surface area contributed by atoms with Crippen LogP contribution in [-0.4, -0.2) is 73.5 Å². The normalized spacial score (nSPS) is 15.9. The zero-order chi connectivity index (χ0) is 31.9. The Kier molecular flexibility index (Phi) is 10.2. The summed E-state index contributed by atoms with van der Waals surface area (Å²) >= 11 is 0. The van der Waals surface area contributed by atoms with E-state index in [1.807, 2.05) is 36.5 Å². The fraction of sp³-hybridized carbons (Fsp3) is 0.452. The molecule has 2 aromatic heterocycles. The van der Waals surface area contributed by atoms with Crippen molar-refractivity contribution < 1.29 is 39.5 Å². The molecule has 0 spiro atoms. The highest BCUT2D eigenvalue weighted by atomic mass is 16.5. The van der Waals surface area contributed by atoms with Crippen molar-refractivity contribution in [1.29, 1.82) is 0 Å². The Morgan fingerprint density at radius 3 is 2.11 bits per heavy atom. The summed E-state index contributed by atoms with van der Waals surface area (Å²) in [5, 5.41) is 37.6. The number of fused-ring (bicyclic) bond motifs is 1. The van der Waals surface area contributed by atoms with Crippen molar-refractivity contribution in [2.24, 2.45) is 0 Å². The highest BCUT2D eigenvalue weighted by Crippen LogP contribution is 2.39. The number of hydrogen-bond donors (Lipinski definition) is 5. The van der Waals surface area contributed by atoms with E-state index >= 15 is 0 Å². The number of aliphatic carboxylic acids is 3. The molecule has 1 aliphatic carbocycles. The van der Waals surface area contributed by atoms with Crippen LogP contribution < -0.4 is 20.5 Å². The molecule has 13 heteroatoms. The van der Waals surface area contributed by atoms with E-state index in [1.54, 1.807) is 11.5 Å². The number of rotatable bonds is 11. The third kappa shape index (κ3) is 7.34. The van der Waals surface area contributed by atoms with Crippen LogP contribution in [-0.2, 0) is 26.5 Å². The average Bonchev–Trinajstić information content (AvgIpc) is 3.70. The Morgan fingerprint density at radius 2 is 1.57 bits per heavy atom. The number of carboxylic acid groups (broad SMARTS) is 3. The van der Waals surface area contributed by atoms with Crippen molar-refractivity contribution in [3.63, 3.8) is 0 Å². The number of methoxy groups -OCH3 is 1. The van der Waals surface area contributed by atoms with Gasteiger partial charge in [0, 0.05) is 31.4 Å². The molecule has 236 valence electrons. The van der Waals surface area contributed by atoms with Crippen LogP contribution in [0.1, 0.15) is 62.5 Å². The monoisotopic (exact) mass is 610 g/mol. The summed E-state index contributed by atoms with van der Waals surface area (Å²) in [7, 11) is 1.69. The zero-order valence-electron chi connectivity index (χ0n) is 24.6. The quantitative estimate of drug-likeness (QED) is 0.214. The summed E-state index contributed by atoms with van der Waals surface area (Å²) in [6, 6.07) is 14.1. The van der Waals surface area contributed by atoms with Crippen molar-refractivity contribution in [2.75, 3.05) is 25.1 Å². The van der Waals surface area contributed by atoms with Gasteiger partial charge in [-0.05, 0) is 55.5 Å². The number of benzene rings is 1. The molecule has 0 unspecified atom stereocenters. The van der Waals surface area contributed by atoms with Gasteiger partial charge < -0.3 is 35.4 Å². The van der Waals surface area contributed by atoms with Gasteiger partial charge in [-0.1, -0.05) is 31.0 Å². The Hall–Kier alpha value is -4.49. The van der Waals surface area contributed by atoms with E-state index < -0.39 is 36.4 Å². The second-order valence-corrected chi connectivity index (χ2v) is 11.2. The second kappa shape index (κ2) is 13.9. The first-order valence-corrected chi connectivity index (χ1v) is 14.5. The molecule has 44 heavy (non-hydrogen) atoms. The summed E-state index contributed by atoms with van der Waals surface area (Å²) in [4.78, 5) is 51.2. The molecule has 2 fully saturated rings. The molecule has 3 heterocycles. The average molecular weight is 611 g/mol. The van der Waals surface area contributed by atoms with Gasteiger partial charge >= 0.3 is 17.9 Å². The molecule has 13 nitrogen and oxygen atoms in total. The number of anilines is 1. The number of carbonyl (C=O) groups is 3. The van der Waals surface area contributed by atoms with E-state index in [0.717, 1.165) is 55.9 Å². The highest BCUT2D eigenvalue weighted by Gasteiger charge is 2.41. The van der Waals surface area contributed by atoms with Crippen LogP contribution in [0.5, 0.6) is 5.75 Å². The van der Waals surface area contributed by atoms with Crippen LogP contribution in [0.15, 0.2) is 53.5 Å². The number of pyridine rings is 1. The van der Waals surface area contributed by atoms with Gasteiger partial charge in [-0.25, -0.2) is 9.78 Å². The third-order valence-electron chi connectivity index (χ3n) is 8.20. The molecule has 5 N–H and O–H groups in total. The zero-order valence-corrected chi connectivity index (χ0v) is 24.6. The number of hydrogen-bond acceptors (Lipinski definition) is 9. The minimum absolute atomic E-state index is 0.0304. The number of aromatic nitrogens is 2. The highest BCUT2D eigenvalue weighted by molar-refractivity contribution is 5.88. The predicted octanol–water partition coefficient (Wildman–Crippen LogP) is 2.61. The van der Waals surface area contributed by atoms with Gasteiger partial charge in [-0.3, -0.25) is 18.8 Å². The maximum atomic E-state index is 13.5. The molecule has 5 rings (SSSR count). The molecule has 0 bridgehead atoms. The Labute approximate surface area is 253 Å². The molecule has 0 atom stereocenters. The number of carboxylic acids is 3. The van der Waals surface area contributed by atoms with Crippen LogP contribution in [0.25, 0.3) is 5.65 Å². The van der Waals surface area contributed by atoms with Crippen LogP contribution in [0.4, 0.5) is 5.82 Å². The molecule has 0 radical (unpaired) electrons. The van der Waals surface area contributed by atoms with Gasteiger partial charge in [-0.2, -0.15) is 0 Å². The van der Waals surface area contributed by atoms with Gasteiger partial charge in [0.15, 0.2) is 5.60 Å². The Morgan fingerprint density at radius 1 is 0.955 bits per heavy atom. The van der Waals surface area contributed by atoms with Crippen LogP contribution in [0, 0.1) is 0 Å². The fourth-order valence-corrected chi connectivity index (χ4v) is 5.89. The summed E-state index contributed by atoms with van der Waals surface area (Å²) in [6.07, 6.45) is 6.35. The van der Waals surface area contributed by atoms with E-state index in [-0.39, 0.29) is 11.1 Å². The SMILES string of the molecule is COc1ccc(C2(NCc3c(N4CCCC4)nc4ccccn4c3=O)CCCC2)cc1.O=C(O)CC(O)(CC(=O)O)C(=O)O. The van der Waals surface area contributed by atoms with Gasteiger partial charge in [-0.15, -0.1) is 0 Å². The lowest BCUT2D eigenvalue weighted by Gasteiger charge is -2.32. The lowest BCUT2D eigenvalue weighted by molar-refractivity contribution is -0.170. The van der Waals surface area contributed by atoms with Gasteiger partial charge in [0.25, 0.3) is 5.56 Å². The standard InChI is InChI=1S/C25H30N4O2.C6H8O7/c1-31-20-11-9-19(10-12-20)25(13-3-4-14-25)26-18-21-23(28-15-6-7-16-28)27-22-8-2-5-17-29(22)24(21)30;7-3(8)1-6(13,5(11)12)2-4(9)10/h2,5,8-12,17,26H,3-4,6-7,13-16,18H2,1H3;13H,1-2H2,(H,7,8)(H,9,10)(H,11,12). The number of nitrogens with one attached hydrogen (secondary N) is 1. The van der Waals surface area contributed by atoms with Crippen LogP contribution in [0.3, 0.4) is 0 Å². The lowest BCUT2D eigenvalue weighted by Crippen LogP contribution is -2.42. The second-order valence-electron chi connectivity index (χ2n) is 11.2. The van der Waals surface area contributed by atoms with Crippen molar-refractivity contribution in [1.82, 2.24) is 14.7 Å². The summed E-state index contributed by atoms with van der Waals surface area (Å²) in [6.45, 7) is 2.44. The van der Waals surface area contributed by atoms with Crippen molar-refractivity contribution in [2.45, 2.75) is 69.1 Å². The maximum absolute atomic E-state index is 13.5.